The van der Waals surface area contributed by atoms with E-state index in [9.17, 15) is 13.2 Å². The lowest BCUT2D eigenvalue weighted by Gasteiger charge is -2.37. The lowest BCUT2D eigenvalue weighted by molar-refractivity contribution is -0.114. The number of nitrogen functional groups attached to an aromatic ring is 1. The first-order chi connectivity index (χ1) is 15.3. The number of carbonyl (C=O) groups excluding carboxylic acids is 1. The molecule has 1 unspecified atom stereocenters. The number of thiophene rings is 2. The predicted molar refractivity (Wildman–Crippen MR) is 128 cm³/mol. The van der Waals surface area contributed by atoms with Crippen LogP contribution >= 0.6 is 34.3 Å². The van der Waals surface area contributed by atoms with E-state index in [0.29, 0.717) is 30.5 Å². The van der Waals surface area contributed by atoms with Gasteiger partial charge in [-0.15, -0.1) is 22.7 Å². The van der Waals surface area contributed by atoms with E-state index in [4.69, 9.17) is 17.3 Å². The van der Waals surface area contributed by atoms with Gasteiger partial charge in [-0.25, -0.2) is 18.4 Å². The van der Waals surface area contributed by atoms with Gasteiger partial charge in [-0.1, -0.05) is 17.7 Å². The van der Waals surface area contributed by atoms with Gasteiger partial charge in [0.2, 0.25) is 0 Å². The SMILES string of the molecule is Nc1ncnc2sc(CN3CCN(S(=O)(=O)c4cc5ccc(Cl)cc5s4)CC3C=O)cc12. The molecule has 5 rings (SSSR count). The van der Waals surface area contributed by atoms with Crippen molar-refractivity contribution < 1.29 is 13.2 Å². The molecule has 4 aromatic rings. The minimum absolute atomic E-state index is 0.105. The fourth-order valence-corrected chi connectivity index (χ4v) is 8.11. The number of aromatic nitrogens is 2. The number of rotatable bonds is 5. The summed E-state index contributed by atoms with van der Waals surface area (Å²) in [4.78, 5) is 23.9. The molecule has 0 spiro atoms. The third kappa shape index (κ3) is 3.89. The number of anilines is 1. The topological polar surface area (TPSA) is 109 Å². The summed E-state index contributed by atoms with van der Waals surface area (Å²) in [5.41, 5.74) is 5.92. The first-order valence-corrected chi connectivity index (χ1v) is 13.2. The smallest absolute Gasteiger partial charge is 0.252 e. The van der Waals surface area contributed by atoms with Crippen LogP contribution in [-0.4, -0.2) is 59.6 Å². The first-order valence-electron chi connectivity index (χ1n) is 9.72. The molecule has 1 aromatic carbocycles. The van der Waals surface area contributed by atoms with Crippen molar-refractivity contribution in [2.45, 2.75) is 16.8 Å². The number of carbonyl (C=O) groups is 1. The number of benzene rings is 1. The number of nitrogens with two attached hydrogens (primary N) is 1. The van der Waals surface area contributed by atoms with Crippen molar-refractivity contribution in [3.05, 3.63) is 46.6 Å². The summed E-state index contributed by atoms with van der Waals surface area (Å²) < 4.78 is 29.0. The van der Waals surface area contributed by atoms with Crippen molar-refractivity contribution in [2.24, 2.45) is 0 Å². The molecule has 0 amide bonds. The summed E-state index contributed by atoms with van der Waals surface area (Å²) in [6, 6.07) is 8.35. The third-order valence-electron chi connectivity index (χ3n) is 5.48. The monoisotopic (exact) mass is 507 g/mol. The molecule has 1 atom stereocenters. The van der Waals surface area contributed by atoms with Crippen molar-refractivity contribution in [3.63, 3.8) is 0 Å². The molecule has 12 heteroatoms. The van der Waals surface area contributed by atoms with Gasteiger partial charge in [-0.3, -0.25) is 4.90 Å². The maximum absolute atomic E-state index is 13.3. The Bertz CT molecular complexity index is 1440. The molecule has 4 heterocycles. The van der Waals surface area contributed by atoms with Crippen LogP contribution in [0.5, 0.6) is 0 Å². The van der Waals surface area contributed by atoms with Crippen molar-refractivity contribution >= 4 is 76.7 Å². The molecule has 3 aromatic heterocycles. The lowest BCUT2D eigenvalue weighted by Crippen LogP contribution is -2.54. The van der Waals surface area contributed by atoms with Gasteiger partial charge in [-0.05, 0) is 29.7 Å². The van der Waals surface area contributed by atoms with Crippen LogP contribution in [0.4, 0.5) is 5.82 Å². The van der Waals surface area contributed by atoms with E-state index in [-0.39, 0.29) is 10.8 Å². The largest absolute Gasteiger partial charge is 0.383 e. The molecule has 1 saturated heterocycles. The van der Waals surface area contributed by atoms with Crippen LogP contribution in [0, 0.1) is 0 Å². The molecule has 0 radical (unpaired) electrons. The van der Waals surface area contributed by atoms with Crippen LogP contribution < -0.4 is 5.73 Å². The summed E-state index contributed by atoms with van der Waals surface area (Å²) in [5.74, 6) is 0.421. The van der Waals surface area contributed by atoms with Crippen molar-refractivity contribution in [2.75, 3.05) is 25.4 Å². The summed E-state index contributed by atoms with van der Waals surface area (Å²) in [6.45, 7) is 1.36. The van der Waals surface area contributed by atoms with Crippen LogP contribution in [0.2, 0.25) is 5.02 Å². The van der Waals surface area contributed by atoms with E-state index in [0.717, 1.165) is 31.5 Å². The fraction of sp³-hybridized carbons (Fsp3) is 0.250. The van der Waals surface area contributed by atoms with Crippen molar-refractivity contribution in [1.82, 2.24) is 19.2 Å². The zero-order valence-electron chi connectivity index (χ0n) is 16.6. The Morgan fingerprint density at radius 1 is 1.19 bits per heavy atom. The molecule has 32 heavy (non-hydrogen) atoms. The lowest BCUT2D eigenvalue weighted by atomic mass is 10.2. The van der Waals surface area contributed by atoms with Gasteiger partial charge < -0.3 is 10.5 Å². The molecule has 8 nitrogen and oxygen atoms in total. The highest BCUT2D eigenvalue weighted by molar-refractivity contribution is 7.91. The highest BCUT2D eigenvalue weighted by Gasteiger charge is 2.35. The van der Waals surface area contributed by atoms with E-state index < -0.39 is 16.1 Å². The molecule has 1 aliphatic rings. The van der Waals surface area contributed by atoms with Crippen LogP contribution in [0.25, 0.3) is 20.3 Å². The highest BCUT2D eigenvalue weighted by Crippen LogP contribution is 2.34. The predicted octanol–water partition coefficient (Wildman–Crippen LogP) is 3.22. The maximum atomic E-state index is 13.3. The van der Waals surface area contributed by atoms with E-state index in [1.54, 1.807) is 18.2 Å². The number of hydrogen-bond donors (Lipinski definition) is 1. The molecule has 1 fully saturated rings. The zero-order chi connectivity index (χ0) is 22.5. The van der Waals surface area contributed by atoms with Gasteiger partial charge in [0.1, 0.15) is 27.5 Å². The second kappa shape index (κ2) is 8.32. The second-order valence-corrected chi connectivity index (χ2v) is 12.3. The number of piperazine rings is 1. The fourth-order valence-electron chi connectivity index (χ4n) is 3.80. The third-order valence-corrected chi connectivity index (χ3v) is 10.2. The zero-order valence-corrected chi connectivity index (χ0v) is 19.8. The van der Waals surface area contributed by atoms with E-state index in [2.05, 4.69) is 9.97 Å². The van der Waals surface area contributed by atoms with E-state index >= 15 is 0 Å². The number of fused-ring (bicyclic) bond motifs is 2. The Hall–Kier alpha value is -2.15. The molecule has 0 saturated carbocycles. The number of nitrogens with zero attached hydrogens (tertiary/aromatic N) is 4. The van der Waals surface area contributed by atoms with Gasteiger partial charge in [0, 0.05) is 40.8 Å². The molecule has 1 aliphatic heterocycles. The van der Waals surface area contributed by atoms with E-state index in [1.807, 2.05) is 17.0 Å². The average Bonchev–Trinajstić information content (AvgIpc) is 3.38. The Morgan fingerprint density at radius 2 is 2.03 bits per heavy atom. The van der Waals surface area contributed by atoms with E-state index in [1.165, 1.54) is 33.3 Å². The number of aldehydes is 1. The molecule has 0 bridgehead atoms. The normalized spacial score (nSPS) is 18.5. The van der Waals surface area contributed by atoms with Gasteiger partial charge in [0.05, 0.1) is 11.4 Å². The Balaban J connectivity index is 1.36. The van der Waals surface area contributed by atoms with Crippen molar-refractivity contribution in [3.8, 4) is 0 Å². The molecule has 2 N–H and O–H groups in total. The van der Waals surface area contributed by atoms with Crippen LogP contribution in [0.15, 0.2) is 40.9 Å². The summed E-state index contributed by atoms with van der Waals surface area (Å²) in [6.07, 6.45) is 2.24. The van der Waals surface area contributed by atoms with Gasteiger partial charge >= 0.3 is 0 Å². The first kappa shape index (κ1) is 21.7. The van der Waals surface area contributed by atoms with Gasteiger partial charge in [-0.2, -0.15) is 4.31 Å². The van der Waals surface area contributed by atoms with Crippen LogP contribution in [-0.2, 0) is 21.4 Å². The second-order valence-electron chi connectivity index (χ2n) is 7.47. The standard InChI is InChI=1S/C20H18ClN5O3S3/c21-13-2-1-12-5-18(31-17(12)6-13)32(28,29)26-4-3-25(14(8-26)10-27)9-15-7-16-19(22)23-11-24-20(16)30-15/h1-2,5-7,10-11,14H,3-4,8-9H2,(H2,22,23,24). The molecular formula is C20H18ClN5O3S3. The van der Waals surface area contributed by atoms with Crippen molar-refractivity contribution in [1.29, 1.82) is 0 Å². The molecular weight excluding hydrogens is 490 g/mol. The Morgan fingerprint density at radius 3 is 2.81 bits per heavy atom. The summed E-state index contributed by atoms with van der Waals surface area (Å²) in [7, 11) is -3.71. The molecule has 166 valence electrons. The minimum Gasteiger partial charge on any atom is -0.383 e. The Kier molecular flexibility index (Phi) is 5.64. The number of sulfonamides is 1. The summed E-state index contributed by atoms with van der Waals surface area (Å²) >= 11 is 8.72. The Labute approximate surface area is 197 Å². The maximum Gasteiger partial charge on any atom is 0.252 e. The van der Waals surface area contributed by atoms with Crippen LogP contribution in [0.1, 0.15) is 4.88 Å². The summed E-state index contributed by atoms with van der Waals surface area (Å²) in [5, 5.41) is 2.18. The molecule has 0 aliphatic carbocycles. The number of hydrogen-bond acceptors (Lipinski definition) is 9. The minimum atomic E-state index is -3.71. The quantitative estimate of drug-likeness (QED) is 0.413. The van der Waals surface area contributed by atoms with Crippen LogP contribution in [0.3, 0.4) is 0 Å². The van der Waals surface area contributed by atoms with Gasteiger partial charge in [0.15, 0.2) is 0 Å². The average molecular weight is 508 g/mol. The highest BCUT2D eigenvalue weighted by atomic mass is 35.5. The number of halogens is 1. The van der Waals surface area contributed by atoms with Gasteiger partial charge in [0.25, 0.3) is 10.0 Å².